The fourth-order valence-electron chi connectivity index (χ4n) is 1.80. The Morgan fingerprint density at radius 3 is 2.52 bits per heavy atom. The van der Waals surface area contributed by atoms with E-state index in [-0.39, 0.29) is 17.1 Å². The molecule has 0 saturated heterocycles. The van der Waals surface area contributed by atoms with Crippen molar-refractivity contribution >= 4 is 23.4 Å². The highest BCUT2D eigenvalue weighted by Crippen LogP contribution is 2.30. The van der Waals surface area contributed by atoms with Crippen molar-refractivity contribution < 1.29 is 17.6 Å². The van der Waals surface area contributed by atoms with Crippen LogP contribution in [0.25, 0.3) is 23.4 Å². The van der Waals surface area contributed by atoms with Crippen molar-refractivity contribution in [1.29, 1.82) is 0 Å². The molecule has 3 rings (SSSR count). The van der Waals surface area contributed by atoms with Crippen LogP contribution in [-0.4, -0.2) is 9.97 Å². The van der Waals surface area contributed by atoms with Crippen LogP contribution in [0.1, 0.15) is 17.0 Å². The van der Waals surface area contributed by atoms with Crippen LogP contribution in [0, 0.1) is 0 Å². The molecule has 3 nitrogen and oxygen atoms in total. The number of nitrogens with zero attached hydrogens (tertiary/aromatic N) is 2. The van der Waals surface area contributed by atoms with Gasteiger partial charge in [-0.3, -0.25) is 0 Å². The third-order valence-corrected chi connectivity index (χ3v) is 2.81. The lowest BCUT2D eigenvalue weighted by atomic mass is 10.2. The highest BCUT2D eigenvalue weighted by molar-refractivity contribution is 5.73. The molecule has 0 atom stereocenters. The van der Waals surface area contributed by atoms with Crippen LogP contribution in [0.4, 0.5) is 13.2 Å². The van der Waals surface area contributed by atoms with Gasteiger partial charge in [-0.15, -0.1) is 0 Å². The molecule has 2 heterocycles. The van der Waals surface area contributed by atoms with Crippen molar-refractivity contribution in [3.8, 4) is 0 Å². The Kier molecular flexibility index (Phi) is 3.21. The maximum atomic E-state index is 12.6. The van der Waals surface area contributed by atoms with Gasteiger partial charge in [0.1, 0.15) is 5.52 Å². The predicted molar refractivity (Wildman–Crippen MR) is 72.2 cm³/mol. The van der Waals surface area contributed by atoms with E-state index in [1.807, 2.05) is 30.3 Å². The molecular weight excluding hydrogens is 281 g/mol. The molecule has 1 aromatic carbocycles. The number of oxazole rings is 1. The number of hydrogen-bond acceptors (Lipinski definition) is 3. The second kappa shape index (κ2) is 5.05. The lowest BCUT2D eigenvalue weighted by Crippen LogP contribution is -2.04. The molecule has 0 aliphatic rings. The molecule has 106 valence electrons. The summed E-state index contributed by atoms with van der Waals surface area (Å²) in [5.41, 5.74) is 0.249. The summed E-state index contributed by atoms with van der Waals surface area (Å²) in [4.78, 5) is 7.63. The second-order valence-electron chi connectivity index (χ2n) is 4.34. The number of pyridine rings is 1. The topological polar surface area (TPSA) is 38.9 Å². The van der Waals surface area contributed by atoms with Crippen LogP contribution in [-0.2, 0) is 6.18 Å². The molecule has 21 heavy (non-hydrogen) atoms. The van der Waals surface area contributed by atoms with Crippen molar-refractivity contribution in [3.63, 3.8) is 0 Å². The van der Waals surface area contributed by atoms with Gasteiger partial charge < -0.3 is 4.42 Å². The summed E-state index contributed by atoms with van der Waals surface area (Å²) in [6, 6.07) is 10.3. The molecule has 0 bridgehead atoms. The van der Waals surface area contributed by atoms with Gasteiger partial charge in [-0.05, 0) is 17.7 Å². The zero-order chi connectivity index (χ0) is 14.9. The van der Waals surface area contributed by atoms with E-state index in [9.17, 15) is 13.2 Å². The van der Waals surface area contributed by atoms with Crippen LogP contribution in [0.2, 0.25) is 0 Å². The first-order chi connectivity index (χ1) is 10.0. The molecule has 6 heteroatoms. The molecule has 3 aromatic rings. The summed E-state index contributed by atoms with van der Waals surface area (Å²) < 4.78 is 43.0. The highest BCUT2D eigenvalue weighted by atomic mass is 19.4. The third kappa shape index (κ3) is 2.94. The van der Waals surface area contributed by atoms with Gasteiger partial charge in [0.2, 0.25) is 11.6 Å². The summed E-state index contributed by atoms with van der Waals surface area (Å²) in [6.07, 6.45) is -0.363. The van der Waals surface area contributed by atoms with Crippen molar-refractivity contribution in [2.45, 2.75) is 6.18 Å². The molecular formula is C15H9F3N2O. The maximum absolute atomic E-state index is 12.6. The number of rotatable bonds is 2. The quantitative estimate of drug-likeness (QED) is 0.701. The van der Waals surface area contributed by atoms with E-state index in [4.69, 9.17) is 4.42 Å². The minimum atomic E-state index is -4.44. The molecule has 0 N–H and O–H groups in total. The first kappa shape index (κ1) is 13.4. The molecule has 2 aromatic heterocycles. The van der Waals surface area contributed by atoms with Gasteiger partial charge in [0.25, 0.3) is 0 Å². The zero-order valence-corrected chi connectivity index (χ0v) is 10.6. The number of halogens is 3. The van der Waals surface area contributed by atoms with Crippen molar-refractivity contribution in [3.05, 3.63) is 59.6 Å². The van der Waals surface area contributed by atoms with Gasteiger partial charge in [-0.1, -0.05) is 30.3 Å². The van der Waals surface area contributed by atoms with Gasteiger partial charge >= 0.3 is 6.18 Å². The highest BCUT2D eigenvalue weighted by Gasteiger charge is 2.31. The normalized spacial score (nSPS) is 12.3. The molecule has 0 saturated carbocycles. The van der Waals surface area contributed by atoms with E-state index in [2.05, 4.69) is 9.97 Å². The van der Waals surface area contributed by atoms with Gasteiger partial charge in [0, 0.05) is 12.3 Å². The fraction of sp³-hybridized carbons (Fsp3) is 0.0667. The van der Waals surface area contributed by atoms with Crippen molar-refractivity contribution in [1.82, 2.24) is 9.97 Å². The molecule has 0 radical (unpaired) electrons. The molecule has 0 unspecified atom stereocenters. The van der Waals surface area contributed by atoms with Crippen LogP contribution in [0.15, 0.2) is 47.0 Å². The number of alkyl halides is 3. The smallest absolute Gasteiger partial charge is 0.417 e. The van der Waals surface area contributed by atoms with E-state index in [1.54, 1.807) is 12.2 Å². The van der Waals surface area contributed by atoms with Crippen molar-refractivity contribution in [2.24, 2.45) is 0 Å². The standard InChI is InChI=1S/C15H9F3N2O/c16-15(17,18)11-8-12-14(19-9-11)21-13(20-12)7-6-10-4-2-1-3-5-10/h1-9H/b7-6+. The first-order valence-electron chi connectivity index (χ1n) is 6.09. The number of aromatic nitrogens is 2. The summed E-state index contributed by atoms with van der Waals surface area (Å²) >= 11 is 0. The number of benzene rings is 1. The monoisotopic (exact) mass is 290 g/mol. The average Bonchev–Trinajstić information content (AvgIpc) is 2.87. The summed E-state index contributed by atoms with van der Waals surface area (Å²) in [6.45, 7) is 0. The van der Waals surface area contributed by atoms with E-state index in [1.165, 1.54) is 0 Å². The largest absolute Gasteiger partial charge is 0.418 e. The van der Waals surface area contributed by atoms with E-state index >= 15 is 0 Å². The summed E-state index contributed by atoms with van der Waals surface area (Å²) in [7, 11) is 0. The Hall–Kier alpha value is -2.63. The molecule has 0 aliphatic heterocycles. The first-order valence-corrected chi connectivity index (χ1v) is 6.09. The maximum Gasteiger partial charge on any atom is 0.417 e. The lowest BCUT2D eigenvalue weighted by molar-refractivity contribution is -0.137. The predicted octanol–water partition coefficient (Wildman–Crippen LogP) is 4.41. The fourth-order valence-corrected chi connectivity index (χ4v) is 1.80. The summed E-state index contributed by atoms with van der Waals surface area (Å²) in [5.74, 6) is 0.209. The zero-order valence-electron chi connectivity index (χ0n) is 10.6. The Morgan fingerprint density at radius 2 is 1.81 bits per heavy atom. The van der Waals surface area contributed by atoms with Crippen LogP contribution < -0.4 is 0 Å². The van der Waals surface area contributed by atoms with Crippen molar-refractivity contribution in [2.75, 3.05) is 0 Å². The Labute approximate surface area is 117 Å². The molecule has 0 aliphatic carbocycles. The van der Waals surface area contributed by atoms with Gasteiger partial charge in [0.05, 0.1) is 5.56 Å². The Bertz CT molecular complexity index is 792. The lowest BCUT2D eigenvalue weighted by Gasteiger charge is -2.03. The van der Waals surface area contributed by atoms with Gasteiger partial charge in [-0.25, -0.2) is 9.97 Å². The Balaban J connectivity index is 1.93. The van der Waals surface area contributed by atoms with E-state index in [0.717, 1.165) is 17.8 Å². The molecule has 0 spiro atoms. The molecule has 0 fully saturated rings. The number of hydrogen-bond donors (Lipinski definition) is 0. The van der Waals surface area contributed by atoms with Crippen LogP contribution in [0.3, 0.4) is 0 Å². The number of fused-ring (bicyclic) bond motifs is 1. The van der Waals surface area contributed by atoms with E-state index < -0.39 is 11.7 Å². The van der Waals surface area contributed by atoms with Gasteiger partial charge in [0.15, 0.2) is 0 Å². The third-order valence-electron chi connectivity index (χ3n) is 2.81. The molecule has 0 amide bonds. The minimum absolute atomic E-state index is 0.0794. The second-order valence-corrected chi connectivity index (χ2v) is 4.34. The Morgan fingerprint density at radius 1 is 1.05 bits per heavy atom. The van der Waals surface area contributed by atoms with Gasteiger partial charge in [-0.2, -0.15) is 13.2 Å². The average molecular weight is 290 g/mol. The van der Waals surface area contributed by atoms with Crippen LogP contribution >= 0.6 is 0 Å². The minimum Gasteiger partial charge on any atom is -0.418 e. The van der Waals surface area contributed by atoms with E-state index in [0.29, 0.717) is 0 Å². The SMILES string of the molecule is FC(F)(F)c1cnc2oc(/C=C/c3ccccc3)nc2c1. The van der Waals surface area contributed by atoms with Crippen LogP contribution in [0.5, 0.6) is 0 Å². The summed E-state index contributed by atoms with van der Waals surface area (Å²) in [5, 5.41) is 0.